The second kappa shape index (κ2) is 4.58. The molecule has 2 atom stereocenters. The van der Waals surface area contributed by atoms with Crippen LogP contribution in [0.3, 0.4) is 0 Å². The molecule has 0 saturated carbocycles. The fourth-order valence-electron chi connectivity index (χ4n) is 1.86. The SMILES string of the molecule is CCC(C(=O)O)N1CCC[C@H](O)C1. The number of rotatable bonds is 3. The summed E-state index contributed by atoms with van der Waals surface area (Å²) < 4.78 is 0. The van der Waals surface area contributed by atoms with E-state index >= 15 is 0 Å². The molecule has 4 heteroatoms. The van der Waals surface area contributed by atoms with Crippen LogP contribution in [0, 0.1) is 0 Å². The highest BCUT2D eigenvalue weighted by atomic mass is 16.4. The molecule has 0 aliphatic carbocycles. The van der Waals surface area contributed by atoms with Gasteiger partial charge in [0.15, 0.2) is 0 Å². The third-order valence-corrected chi connectivity index (χ3v) is 2.54. The van der Waals surface area contributed by atoms with Gasteiger partial charge in [-0.25, -0.2) is 0 Å². The average Bonchev–Trinajstić information content (AvgIpc) is 2.04. The number of hydrogen-bond acceptors (Lipinski definition) is 3. The molecule has 0 bridgehead atoms. The third-order valence-electron chi connectivity index (χ3n) is 2.54. The van der Waals surface area contributed by atoms with E-state index in [1.54, 1.807) is 0 Å². The van der Waals surface area contributed by atoms with Crippen LogP contribution < -0.4 is 0 Å². The second-order valence-corrected chi connectivity index (χ2v) is 3.55. The van der Waals surface area contributed by atoms with E-state index in [0.29, 0.717) is 13.0 Å². The topological polar surface area (TPSA) is 60.8 Å². The lowest BCUT2D eigenvalue weighted by Gasteiger charge is -2.33. The van der Waals surface area contributed by atoms with Crippen molar-refractivity contribution >= 4 is 5.97 Å². The average molecular weight is 187 g/mol. The Bertz CT molecular complexity index is 184. The third kappa shape index (κ3) is 2.67. The van der Waals surface area contributed by atoms with Crippen molar-refractivity contribution in [3.63, 3.8) is 0 Å². The van der Waals surface area contributed by atoms with Gasteiger partial charge >= 0.3 is 5.97 Å². The lowest BCUT2D eigenvalue weighted by atomic mass is 10.0. The number of aliphatic hydroxyl groups excluding tert-OH is 1. The standard InChI is InChI=1S/C9H17NO3/c1-2-8(9(12)13)10-5-3-4-7(11)6-10/h7-8,11H,2-6H2,1H3,(H,12,13)/t7-,8?/m0/s1. The molecule has 0 spiro atoms. The number of likely N-dealkylation sites (tertiary alicyclic amines) is 1. The van der Waals surface area contributed by atoms with Crippen molar-refractivity contribution in [1.29, 1.82) is 0 Å². The van der Waals surface area contributed by atoms with E-state index in [4.69, 9.17) is 5.11 Å². The van der Waals surface area contributed by atoms with Crippen molar-refractivity contribution in [2.24, 2.45) is 0 Å². The summed E-state index contributed by atoms with van der Waals surface area (Å²) in [5.41, 5.74) is 0. The van der Waals surface area contributed by atoms with Gasteiger partial charge in [0.1, 0.15) is 6.04 Å². The van der Waals surface area contributed by atoms with Crippen LogP contribution in [-0.2, 0) is 4.79 Å². The van der Waals surface area contributed by atoms with Gasteiger partial charge in [0, 0.05) is 6.54 Å². The Morgan fingerprint density at radius 1 is 1.69 bits per heavy atom. The molecule has 1 saturated heterocycles. The minimum absolute atomic E-state index is 0.345. The summed E-state index contributed by atoms with van der Waals surface area (Å²) in [5, 5.41) is 18.3. The van der Waals surface area contributed by atoms with E-state index in [2.05, 4.69) is 0 Å². The van der Waals surface area contributed by atoms with Crippen LogP contribution >= 0.6 is 0 Å². The summed E-state index contributed by atoms with van der Waals surface area (Å²) >= 11 is 0. The number of hydrogen-bond donors (Lipinski definition) is 2. The molecule has 0 aromatic carbocycles. The van der Waals surface area contributed by atoms with Crippen LogP contribution in [-0.4, -0.2) is 46.3 Å². The highest BCUT2D eigenvalue weighted by Crippen LogP contribution is 2.14. The van der Waals surface area contributed by atoms with Gasteiger partial charge in [0.2, 0.25) is 0 Å². The van der Waals surface area contributed by atoms with Crippen LogP contribution in [0.4, 0.5) is 0 Å². The number of carbonyl (C=O) groups is 1. The molecule has 0 amide bonds. The molecule has 1 rings (SSSR count). The maximum atomic E-state index is 10.8. The molecule has 1 unspecified atom stereocenters. The van der Waals surface area contributed by atoms with E-state index in [-0.39, 0.29) is 6.10 Å². The number of aliphatic carboxylic acids is 1. The summed E-state index contributed by atoms with van der Waals surface area (Å²) in [7, 11) is 0. The molecule has 1 aliphatic heterocycles. The number of carboxylic acids is 1. The van der Waals surface area contributed by atoms with E-state index in [9.17, 15) is 9.90 Å². The molecule has 1 heterocycles. The Balaban J connectivity index is 2.52. The summed E-state index contributed by atoms with van der Waals surface area (Å²) in [6.07, 6.45) is 1.95. The van der Waals surface area contributed by atoms with Crippen molar-refractivity contribution in [3.05, 3.63) is 0 Å². The molecule has 1 fully saturated rings. The quantitative estimate of drug-likeness (QED) is 0.667. The number of carboxylic acid groups (broad SMARTS) is 1. The van der Waals surface area contributed by atoms with Crippen LogP contribution in [0.1, 0.15) is 26.2 Å². The Morgan fingerprint density at radius 2 is 2.38 bits per heavy atom. The van der Waals surface area contributed by atoms with Crippen molar-refractivity contribution in [2.75, 3.05) is 13.1 Å². The van der Waals surface area contributed by atoms with Crippen LogP contribution in [0.25, 0.3) is 0 Å². The Labute approximate surface area is 78.2 Å². The maximum absolute atomic E-state index is 10.8. The van der Waals surface area contributed by atoms with Gasteiger partial charge < -0.3 is 10.2 Å². The summed E-state index contributed by atoms with van der Waals surface area (Å²) in [4.78, 5) is 12.7. The smallest absolute Gasteiger partial charge is 0.320 e. The van der Waals surface area contributed by atoms with Gasteiger partial charge in [0.05, 0.1) is 6.10 Å². The Kier molecular flexibility index (Phi) is 3.69. The zero-order valence-electron chi connectivity index (χ0n) is 7.94. The fraction of sp³-hybridized carbons (Fsp3) is 0.889. The molecule has 76 valence electrons. The predicted molar refractivity (Wildman–Crippen MR) is 48.5 cm³/mol. The number of aliphatic hydroxyl groups is 1. The first kappa shape index (κ1) is 10.5. The van der Waals surface area contributed by atoms with Crippen LogP contribution in [0.2, 0.25) is 0 Å². The van der Waals surface area contributed by atoms with E-state index in [1.807, 2.05) is 11.8 Å². The first-order valence-corrected chi connectivity index (χ1v) is 4.80. The van der Waals surface area contributed by atoms with E-state index < -0.39 is 12.0 Å². The van der Waals surface area contributed by atoms with Crippen LogP contribution in [0.5, 0.6) is 0 Å². The Hall–Kier alpha value is -0.610. The molecule has 2 N–H and O–H groups in total. The summed E-state index contributed by atoms with van der Waals surface area (Å²) in [5.74, 6) is -0.781. The lowest BCUT2D eigenvalue weighted by molar-refractivity contribution is -0.144. The number of β-amino-alcohol motifs (C(OH)–C–C–N with tert-alkyl or cyclic N) is 1. The normalized spacial score (nSPS) is 27.1. The fourth-order valence-corrected chi connectivity index (χ4v) is 1.86. The predicted octanol–water partition coefficient (Wildman–Crippen LogP) is 0.306. The summed E-state index contributed by atoms with van der Waals surface area (Å²) in [6.45, 7) is 3.16. The minimum atomic E-state index is -0.781. The maximum Gasteiger partial charge on any atom is 0.320 e. The van der Waals surface area contributed by atoms with Gasteiger partial charge in [-0.3, -0.25) is 9.69 Å². The summed E-state index contributed by atoms with van der Waals surface area (Å²) in [6, 6.07) is -0.421. The van der Waals surface area contributed by atoms with Gasteiger partial charge in [-0.15, -0.1) is 0 Å². The van der Waals surface area contributed by atoms with Gasteiger partial charge in [-0.2, -0.15) is 0 Å². The minimum Gasteiger partial charge on any atom is -0.480 e. The molecule has 13 heavy (non-hydrogen) atoms. The first-order valence-electron chi connectivity index (χ1n) is 4.80. The number of nitrogens with zero attached hydrogens (tertiary/aromatic N) is 1. The zero-order chi connectivity index (χ0) is 9.84. The van der Waals surface area contributed by atoms with Gasteiger partial charge in [0.25, 0.3) is 0 Å². The van der Waals surface area contributed by atoms with Crippen LogP contribution in [0.15, 0.2) is 0 Å². The van der Waals surface area contributed by atoms with Gasteiger partial charge in [-0.1, -0.05) is 6.92 Å². The molecule has 4 nitrogen and oxygen atoms in total. The van der Waals surface area contributed by atoms with Crippen molar-refractivity contribution in [2.45, 2.75) is 38.3 Å². The van der Waals surface area contributed by atoms with Crippen molar-refractivity contribution < 1.29 is 15.0 Å². The first-order chi connectivity index (χ1) is 6.15. The van der Waals surface area contributed by atoms with Crippen molar-refractivity contribution in [1.82, 2.24) is 4.90 Å². The lowest BCUT2D eigenvalue weighted by Crippen LogP contribution is -2.47. The van der Waals surface area contributed by atoms with E-state index in [1.165, 1.54) is 0 Å². The molecule has 1 aliphatic rings. The number of piperidine rings is 1. The molecule has 0 aromatic rings. The molecule has 0 radical (unpaired) electrons. The molecular formula is C9H17NO3. The molecule has 0 aromatic heterocycles. The highest BCUT2D eigenvalue weighted by molar-refractivity contribution is 5.73. The van der Waals surface area contributed by atoms with E-state index in [0.717, 1.165) is 19.4 Å². The highest BCUT2D eigenvalue weighted by Gasteiger charge is 2.27. The van der Waals surface area contributed by atoms with Crippen molar-refractivity contribution in [3.8, 4) is 0 Å². The largest absolute Gasteiger partial charge is 0.480 e. The Morgan fingerprint density at radius 3 is 2.85 bits per heavy atom. The molecular weight excluding hydrogens is 170 g/mol. The second-order valence-electron chi connectivity index (χ2n) is 3.55. The zero-order valence-corrected chi connectivity index (χ0v) is 7.94. The monoisotopic (exact) mass is 187 g/mol. The van der Waals surface area contributed by atoms with Gasteiger partial charge in [-0.05, 0) is 25.8 Å².